The quantitative estimate of drug-likeness (QED) is 0.245. The van der Waals surface area contributed by atoms with E-state index in [0.29, 0.717) is 23.9 Å². The zero-order valence-electron chi connectivity index (χ0n) is 20.9. The lowest BCUT2D eigenvalue weighted by atomic mass is 10.1. The molecule has 7 nitrogen and oxygen atoms in total. The minimum absolute atomic E-state index is 0.00550. The van der Waals surface area contributed by atoms with Crippen molar-refractivity contribution < 1.29 is 27.2 Å². The Kier molecular flexibility index (Phi) is 7.89. The second-order valence-corrected chi connectivity index (χ2v) is 8.79. The highest BCUT2D eigenvalue weighted by atomic mass is 19.4. The first-order valence-electron chi connectivity index (χ1n) is 11.7. The number of carbonyl (C=O) groups is 2. The average molecular weight is 538 g/mol. The molecular formula is C28H23F4N5O2. The highest BCUT2D eigenvalue weighted by Gasteiger charge is 2.32. The van der Waals surface area contributed by atoms with Gasteiger partial charge in [-0.3, -0.25) is 14.6 Å². The number of rotatable bonds is 7. The van der Waals surface area contributed by atoms with Crippen LogP contribution in [0.25, 0.3) is 0 Å². The van der Waals surface area contributed by atoms with E-state index in [-0.39, 0.29) is 23.6 Å². The van der Waals surface area contributed by atoms with Gasteiger partial charge < -0.3 is 16.0 Å². The van der Waals surface area contributed by atoms with Crippen molar-refractivity contribution in [1.82, 2.24) is 15.3 Å². The lowest BCUT2D eigenvalue weighted by molar-refractivity contribution is -0.137. The topological polar surface area (TPSA) is 96.0 Å². The summed E-state index contributed by atoms with van der Waals surface area (Å²) in [5, 5.41) is 8.25. The van der Waals surface area contributed by atoms with Gasteiger partial charge in [0.25, 0.3) is 11.8 Å². The van der Waals surface area contributed by atoms with Crippen molar-refractivity contribution in [3.8, 4) is 0 Å². The lowest BCUT2D eigenvalue weighted by Gasteiger charge is -2.16. The summed E-state index contributed by atoms with van der Waals surface area (Å²) in [4.78, 5) is 34.1. The molecule has 3 N–H and O–H groups in total. The van der Waals surface area contributed by atoms with Crippen LogP contribution in [-0.2, 0) is 12.7 Å². The molecule has 11 heteroatoms. The number of amides is 2. The molecule has 0 saturated heterocycles. The molecule has 0 aliphatic carbocycles. The van der Waals surface area contributed by atoms with Gasteiger partial charge in [0.2, 0.25) is 0 Å². The first-order valence-corrected chi connectivity index (χ1v) is 11.7. The Morgan fingerprint density at radius 3 is 2.36 bits per heavy atom. The zero-order chi connectivity index (χ0) is 28.2. The zero-order valence-corrected chi connectivity index (χ0v) is 20.9. The van der Waals surface area contributed by atoms with E-state index in [1.807, 2.05) is 32.0 Å². The second kappa shape index (κ2) is 11.3. The summed E-state index contributed by atoms with van der Waals surface area (Å²) >= 11 is 0. The van der Waals surface area contributed by atoms with E-state index in [4.69, 9.17) is 0 Å². The first kappa shape index (κ1) is 27.2. The van der Waals surface area contributed by atoms with Crippen LogP contribution in [0.3, 0.4) is 0 Å². The maximum atomic E-state index is 13.9. The van der Waals surface area contributed by atoms with Crippen molar-refractivity contribution in [3.05, 3.63) is 112 Å². The third-order valence-corrected chi connectivity index (χ3v) is 5.67. The fourth-order valence-electron chi connectivity index (χ4n) is 3.70. The van der Waals surface area contributed by atoms with E-state index in [9.17, 15) is 27.2 Å². The molecule has 4 aromatic rings. The molecule has 0 aliphatic rings. The standard InChI is InChI=1S/C28H23F4N5O2/c1-16-7-18(13-33-12-16)14-35-26(38)20-10-24(25(34-15-20)36-23-6-4-3-5-17(23)2)37-27(39)19-8-21(28(30,31)32)11-22(29)9-19/h3-13,15H,14H2,1-2H3,(H,34,36)(H,35,38)(H,37,39). The number of hydrogen-bond donors (Lipinski definition) is 3. The van der Waals surface area contributed by atoms with Crippen LogP contribution >= 0.6 is 0 Å². The molecule has 2 heterocycles. The molecule has 2 aromatic heterocycles. The molecule has 0 spiro atoms. The Morgan fingerprint density at radius 2 is 1.64 bits per heavy atom. The molecule has 0 radical (unpaired) electrons. The van der Waals surface area contributed by atoms with Crippen molar-refractivity contribution in [1.29, 1.82) is 0 Å². The highest BCUT2D eigenvalue weighted by molar-refractivity contribution is 6.07. The molecule has 0 aliphatic heterocycles. The normalized spacial score (nSPS) is 11.1. The third kappa shape index (κ3) is 6.95. The minimum Gasteiger partial charge on any atom is -0.348 e. The number of nitrogens with zero attached hydrogens (tertiary/aromatic N) is 2. The Balaban J connectivity index is 1.64. The minimum atomic E-state index is -4.85. The van der Waals surface area contributed by atoms with Crippen LogP contribution in [0.15, 0.2) is 73.2 Å². The maximum absolute atomic E-state index is 13.9. The molecule has 200 valence electrons. The molecule has 0 atom stereocenters. The van der Waals surface area contributed by atoms with E-state index in [1.54, 1.807) is 24.5 Å². The number of nitrogens with one attached hydrogen (secondary N) is 3. The summed E-state index contributed by atoms with van der Waals surface area (Å²) in [5.74, 6) is -2.61. The Labute approximate surface area is 221 Å². The van der Waals surface area contributed by atoms with Crippen molar-refractivity contribution in [2.45, 2.75) is 26.6 Å². The van der Waals surface area contributed by atoms with Gasteiger partial charge in [-0.2, -0.15) is 13.2 Å². The van der Waals surface area contributed by atoms with Crippen LogP contribution in [-0.4, -0.2) is 21.8 Å². The number of hydrogen-bond acceptors (Lipinski definition) is 5. The first-order chi connectivity index (χ1) is 18.5. The predicted molar refractivity (Wildman–Crippen MR) is 138 cm³/mol. The Hall–Kier alpha value is -4.80. The van der Waals surface area contributed by atoms with Gasteiger partial charge in [-0.1, -0.05) is 24.3 Å². The van der Waals surface area contributed by atoms with Gasteiger partial charge in [-0.05, 0) is 60.9 Å². The molecule has 4 rings (SSSR count). The second-order valence-electron chi connectivity index (χ2n) is 8.79. The van der Waals surface area contributed by atoms with E-state index in [0.717, 1.165) is 16.7 Å². The van der Waals surface area contributed by atoms with E-state index >= 15 is 0 Å². The van der Waals surface area contributed by atoms with Crippen LogP contribution in [0.1, 0.15) is 43.0 Å². The number of pyridine rings is 2. The molecular weight excluding hydrogens is 514 g/mol. The monoisotopic (exact) mass is 537 g/mol. The fraction of sp³-hybridized carbons (Fsp3) is 0.143. The van der Waals surface area contributed by atoms with Crippen LogP contribution in [0.2, 0.25) is 0 Å². The number of anilines is 3. The number of carbonyl (C=O) groups excluding carboxylic acids is 2. The molecule has 2 aromatic carbocycles. The van der Waals surface area contributed by atoms with Crippen LogP contribution in [0, 0.1) is 19.7 Å². The molecule has 2 amide bonds. The largest absolute Gasteiger partial charge is 0.416 e. The molecule has 0 fully saturated rings. The molecule has 39 heavy (non-hydrogen) atoms. The van der Waals surface area contributed by atoms with E-state index < -0.39 is 34.9 Å². The average Bonchev–Trinajstić information content (AvgIpc) is 2.88. The maximum Gasteiger partial charge on any atom is 0.416 e. The predicted octanol–water partition coefficient (Wildman–Crippen LogP) is 6.18. The highest BCUT2D eigenvalue weighted by Crippen LogP contribution is 2.31. The molecule has 0 saturated carbocycles. The van der Waals surface area contributed by atoms with Crippen LogP contribution in [0.4, 0.5) is 34.8 Å². The van der Waals surface area contributed by atoms with Crippen molar-refractivity contribution in [2.24, 2.45) is 0 Å². The Bertz CT molecular complexity index is 1540. The van der Waals surface area contributed by atoms with Crippen molar-refractivity contribution in [2.75, 3.05) is 10.6 Å². The summed E-state index contributed by atoms with van der Waals surface area (Å²) < 4.78 is 53.5. The number of para-hydroxylation sites is 1. The smallest absolute Gasteiger partial charge is 0.348 e. The van der Waals surface area contributed by atoms with E-state index in [1.165, 1.54) is 12.3 Å². The van der Waals surface area contributed by atoms with Crippen LogP contribution in [0.5, 0.6) is 0 Å². The van der Waals surface area contributed by atoms with Crippen molar-refractivity contribution >= 4 is 29.0 Å². The van der Waals surface area contributed by atoms with Gasteiger partial charge in [-0.25, -0.2) is 9.37 Å². The fourth-order valence-corrected chi connectivity index (χ4v) is 3.70. The van der Waals surface area contributed by atoms with E-state index in [2.05, 4.69) is 25.9 Å². The van der Waals surface area contributed by atoms with Gasteiger partial charge >= 0.3 is 6.18 Å². The summed E-state index contributed by atoms with van der Waals surface area (Å²) in [6.07, 6.45) is -0.258. The molecule has 0 unspecified atom stereocenters. The van der Waals surface area contributed by atoms with Crippen molar-refractivity contribution in [3.63, 3.8) is 0 Å². The summed E-state index contributed by atoms with van der Waals surface area (Å²) in [6.45, 7) is 3.89. The third-order valence-electron chi connectivity index (χ3n) is 5.67. The summed E-state index contributed by atoms with van der Waals surface area (Å²) in [6, 6.07) is 12.0. The summed E-state index contributed by atoms with van der Waals surface area (Å²) in [5.41, 5.74) is 1.43. The van der Waals surface area contributed by atoms with Gasteiger partial charge in [0.15, 0.2) is 5.82 Å². The van der Waals surface area contributed by atoms with Gasteiger partial charge in [0, 0.05) is 36.4 Å². The number of halogens is 4. The SMILES string of the molecule is Cc1cncc(CNC(=O)c2cnc(Nc3ccccc3C)c(NC(=O)c3cc(F)cc(C(F)(F)F)c3)c2)c1. The van der Waals surface area contributed by atoms with Gasteiger partial charge in [0.1, 0.15) is 5.82 Å². The van der Waals surface area contributed by atoms with Crippen LogP contribution < -0.4 is 16.0 Å². The number of aryl methyl sites for hydroxylation is 2. The number of alkyl halides is 3. The molecule has 0 bridgehead atoms. The number of aromatic nitrogens is 2. The summed E-state index contributed by atoms with van der Waals surface area (Å²) in [7, 11) is 0. The Morgan fingerprint density at radius 1 is 0.872 bits per heavy atom. The lowest BCUT2D eigenvalue weighted by Crippen LogP contribution is -2.24. The van der Waals surface area contributed by atoms with Gasteiger partial charge in [-0.15, -0.1) is 0 Å². The van der Waals surface area contributed by atoms with Gasteiger partial charge in [0.05, 0.1) is 16.8 Å². The number of benzene rings is 2.